The molecule has 1 spiro atoms. The summed E-state index contributed by atoms with van der Waals surface area (Å²) in [4.78, 5) is 11.5. The molecule has 0 bridgehead atoms. The van der Waals surface area contributed by atoms with Crippen molar-refractivity contribution in [2.75, 3.05) is 0 Å². The zero-order chi connectivity index (χ0) is 12.0. The fourth-order valence-corrected chi connectivity index (χ4v) is 2.66. The summed E-state index contributed by atoms with van der Waals surface area (Å²) in [7, 11) is 0. The molecule has 2 fully saturated rings. The van der Waals surface area contributed by atoms with Crippen LogP contribution in [0.25, 0.3) is 0 Å². The predicted molar refractivity (Wildman–Crippen MR) is 60.1 cm³/mol. The van der Waals surface area contributed by atoms with Crippen molar-refractivity contribution >= 4 is 6.09 Å². The number of amides is 1. The van der Waals surface area contributed by atoms with E-state index in [1.54, 1.807) is 0 Å². The largest absolute Gasteiger partial charge is 0.444 e. The monoisotopic (exact) mass is 227 g/mol. The van der Waals surface area contributed by atoms with Crippen LogP contribution in [-0.2, 0) is 4.74 Å². The van der Waals surface area contributed by atoms with Gasteiger partial charge in [-0.05, 0) is 46.5 Å². The fourth-order valence-electron chi connectivity index (χ4n) is 2.66. The molecule has 0 saturated heterocycles. The van der Waals surface area contributed by atoms with E-state index in [1.807, 2.05) is 20.8 Å². The van der Waals surface area contributed by atoms with Crippen molar-refractivity contribution in [2.24, 2.45) is 5.41 Å². The van der Waals surface area contributed by atoms with Crippen molar-refractivity contribution in [1.82, 2.24) is 5.32 Å². The molecule has 0 aromatic rings. The van der Waals surface area contributed by atoms with Gasteiger partial charge < -0.3 is 15.2 Å². The molecule has 2 aliphatic carbocycles. The number of hydrogen-bond donors (Lipinski definition) is 2. The van der Waals surface area contributed by atoms with Gasteiger partial charge >= 0.3 is 6.09 Å². The van der Waals surface area contributed by atoms with E-state index >= 15 is 0 Å². The van der Waals surface area contributed by atoms with Crippen LogP contribution >= 0.6 is 0 Å². The van der Waals surface area contributed by atoms with Gasteiger partial charge in [0.1, 0.15) is 5.60 Å². The van der Waals surface area contributed by atoms with E-state index in [2.05, 4.69) is 5.32 Å². The van der Waals surface area contributed by atoms with E-state index in [-0.39, 0.29) is 23.7 Å². The molecule has 1 unspecified atom stereocenters. The Balaban J connectivity index is 1.71. The Morgan fingerprint density at radius 2 is 2.06 bits per heavy atom. The molecular weight excluding hydrogens is 206 g/mol. The third-order valence-corrected chi connectivity index (χ3v) is 3.65. The molecule has 1 atom stereocenters. The highest BCUT2D eigenvalue weighted by atomic mass is 16.6. The lowest BCUT2D eigenvalue weighted by atomic mass is 9.52. The Labute approximate surface area is 96.4 Å². The number of aliphatic hydroxyl groups is 1. The molecule has 4 nitrogen and oxygen atoms in total. The highest BCUT2D eigenvalue weighted by Gasteiger charge is 2.55. The second-order valence-corrected chi connectivity index (χ2v) is 6.17. The maximum atomic E-state index is 11.5. The Kier molecular flexibility index (Phi) is 2.65. The third kappa shape index (κ3) is 2.17. The zero-order valence-electron chi connectivity index (χ0n) is 10.2. The predicted octanol–water partition coefficient (Wildman–Crippen LogP) is 1.81. The van der Waals surface area contributed by atoms with Gasteiger partial charge in [0.05, 0.1) is 6.10 Å². The molecule has 16 heavy (non-hydrogen) atoms. The molecule has 0 aliphatic heterocycles. The van der Waals surface area contributed by atoms with E-state index in [9.17, 15) is 9.90 Å². The number of carbonyl (C=O) groups is 1. The zero-order valence-corrected chi connectivity index (χ0v) is 10.2. The second kappa shape index (κ2) is 3.62. The lowest BCUT2D eigenvalue weighted by molar-refractivity contribution is -0.129. The minimum absolute atomic E-state index is 0.125. The highest BCUT2D eigenvalue weighted by Crippen LogP contribution is 2.55. The summed E-state index contributed by atoms with van der Waals surface area (Å²) in [5.41, 5.74) is -0.318. The van der Waals surface area contributed by atoms with Crippen molar-refractivity contribution in [3.05, 3.63) is 0 Å². The Morgan fingerprint density at radius 3 is 2.44 bits per heavy atom. The second-order valence-electron chi connectivity index (χ2n) is 6.17. The van der Waals surface area contributed by atoms with Gasteiger partial charge in [0.25, 0.3) is 0 Å². The summed E-state index contributed by atoms with van der Waals surface area (Å²) < 4.78 is 5.18. The molecular formula is C12H21NO3. The maximum Gasteiger partial charge on any atom is 0.407 e. The van der Waals surface area contributed by atoms with Crippen molar-refractivity contribution < 1.29 is 14.6 Å². The quantitative estimate of drug-likeness (QED) is 0.718. The van der Waals surface area contributed by atoms with Crippen molar-refractivity contribution in [3.8, 4) is 0 Å². The summed E-state index contributed by atoms with van der Waals surface area (Å²) in [5, 5.41) is 12.5. The summed E-state index contributed by atoms with van der Waals surface area (Å²) in [5.74, 6) is 0. The smallest absolute Gasteiger partial charge is 0.407 e. The molecule has 1 amide bonds. The van der Waals surface area contributed by atoms with Gasteiger partial charge in [-0.15, -0.1) is 0 Å². The Morgan fingerprint density at radius 1 is 1.44 bits per heavy atom. The van der Waals surface area contributed by atoms with Crippen LogP contribution in [0.15, 0.2) is 0 Å². The maximum absolute atomic E-state index is 11.5. The number of carbonyl (C=O) groups excluding carboxylic acids is 1. The van der Waals surface area contributed by atoms with Crippen LogP contribution in [-0.4, -0.2) is 28.9 Å². The van der Waals surface area contributed by atoms with Crippen molar-refractivity contribution in [1.29, 1.82) is 0 Å². The molecule has 2 aliphatic rings. The van der Waals surface area contributed by atoms with E-state index < -0.39 is 5.60 Å². The molecule has 4 heteroatoms. The molecule has 0 radical (unpaired) electrons. The third-order valence-electron chi connectivity index (χ3n) is 3.65. The number of aliphatic hydroxyl groups excluding tert-OH is 1. The molecule has 0 heterocycles. The van der Waals surface area contributed by atoms with Crippen LogP contribution in [0, 0.1) is 5.41 Å². The van der Waals surface area contributed by atoms with Crippen LogP contribution in [0.2, 0.25) is 0 Å². The van der Waals surface area contributed by atoms with E-state index in [4.69, 9.17) is 4.74 Å². The van der Waals surface area contributed by atoms with Gasteiger partial charge in [0.2, 0.25) is 0 Å². The van der Waals surface area contributed by atoms with Crippen LogP contribution in [0.1, 0.15) is 46.5 Å². The molecule has 2 rings (SSSR count). The first kappa shape index (κ1) is 11.7. The number of hydrogen-bond acceptors (Lipinski definition) is 3. The summed E-state index contributed by atoms with van der Waals surface area (Å²) in [6, 6.07) is 0.185. The number of nitrogens with one attached hydrogen (secondary N) is 1. The first-order chi connectivity index (χ1) is 7.31. The number of rotatable bonds is 1. The average molecular weight is 227 g/mol. The topological polar surface area (TPSA) is 58.6 Å². The van der Waals surface area contributed by atoms with Crippen molar-refractivity contribution in [2.45, 2.75) is 64.2 Å². The number of alkyl carbamates (subject to hydrolysis) is 1. The van der Waals surface area contributed by atoms with E-state index in [0.717, 1.165) is 25.7 Å². The molecule has 0 aromatic carbocycles. The van der Waals surface area contributed by atoms with E-state index in [1.165, 1.54) is 0 Å². The average Bonchev–Trinajstić information content (AvgIpc) is 2.04. The summed E-state index contributed by atoms with van der Waals surface area (Å²) in [6.07, 6.45) is 3.31. The minimum atomic E-state index is -0.443. The van der Waals surface area contributed by atoms with Crippen LogP contribution < -0.4 is 5.32 Å². The van der Waals surface area contributed by atoms with Crippen LogP contribution in [0.4, 0.5) is 4.79 Å². The standard InChI is InChI=1S/C12H21NO3/c1-11(2,3)16-10(15)13-8-6-12(7-8)5-4-9(12)14/h8-9,14H,4-7H2,1-3H3,(H,13,15). The molecule has 0 aromatic heterocycles. The summed E-state index contributed by atoms with van der Waals surface area (Å²) in [6.45, 7) is 5.56. The SMILES string of the molecule is CC(C)(C)OC(=O)NC1CC2(CCC2O)C1. The minimum Gasteiger partial charge on any atom is -0.444 e. The van der Waals surface area contributed by atoms with Gasteiger partial charge in [-0.1, -0.05) is 0 Å². The summed E-state index contributed by atoms with van der Waals surface area (Å²) >= 11 is 0. The van der Waals surface area contributed by atoms with Crippen LogP contribution in [0.3, 0.4) is 0 Å². The normalized spacial score (nSPS) is 37.5. The van der Waals surface area contributed by atoms with Gasteiger partial charge in [-0.25, -0.2) is 4.79 Å². The number of ether oxygens (including phenoxy) is 1. The lowest BCUT2D eigenvalue weighted by Gasteiger charge is -2.57. The first-order valence-electron chi connectivity index (χ1n) is 5.98. The van der Waals surface area contributed by atoms with Gasteiger partial charge in [-0.2, -0.15) is 0 Å². The van der Waals surface area contributed by atoms with Crippen LogP contribution in [0.5, 0.6) is 0 Å². The van der Waals surface area contributed by atoms with Gasteiger partial charge in [-0.3, -0.25) is 0 Å². The van der Waals surface area contributed by atoms with Crippen molar-refractivity contribution in [3.63, 3.8) is 0 Å². The molecule has 2 N–H and O–H groups in total. The fraction of sp³-hybridized carbons (Fsp3) is 0.917. The lowest BCUT2D eigenvalue weighted by Crippen LogP contribution is -2.60. The van der Waals surface area contributed by atoms with Gasteiger partial charge in [0, 0.05) is 11.5 Å². The molecule has 92 valence electrons. The first-order valence-corrected chi connectivity index (χ1v) is 5.98. The van der Waals surface area contributed by atoms with E-state index in [0.29, 0.717) is 0 Å². The highest BCUT2D eigenvalue weighted by molar-refractivity contribution is 5.68. The Bertz CT molecular complexity index is 289. The Hall–Kier alpha value is -0.770. The van der Waals surface area contributed by atoms with Gasteiger partial charge in [0.15, 0.2) is 0 Å². The molecule has 2 saturated carbocycles.